The molecule has 0 bridgehead atoms. The maximum atomic E-state index is 12.1. The highest BCUT2D eigenvalue weighted by atomic mass is 16.6. The normalized spacial score (nSPS) is 15.2. The number of ether oxygens (including phenoxy) is 3. The van der Waals surface area contributed by atoms with E-state index in [9.17, 15) is 9.59 Å². The van der Waals surface area contributed by atoms with Crippen molar-refractivity contribution < 1.29 is 23.8 Å². The first kappa shape index (κ1) is 21.4. The van der Waals surface area contributed by atoms with Gasteiger partial charge in [-0.2, -0.15) is 0 Å². The Kier molecular flexibility index (Phi) is 6.40. The van der Waals surface area contributed by atoms with E-state index in [-0.39, 0.29) is 13.2 Å². The van der Waals surface area contributed by atoms with Gasteiger partial charge in [-0.05, 0) is 61.4 Å². The molecule has 0 spiro atoms. The number of cyclic esters (lactones) is 1. The van der Waals surface area contributed by atoms with Crippen LogP contribution in [0.1, 0.15) is 17.5 Å². The Bertz CT molecular complexity index is 1040. The van der Waals surface area contributed by atoms with Crippen LogP contribution in [0.15, 0.2) is 72.8 Å². The third kappa shape index (κ3) is 4.75. The molecule has 1 aliphatic heterocycles. The molecule has 3 aromatic carbocycles. The van der Waals surface area contributed by atoms with Crippen molar-refractivity contribution in [3.63, 3.8) is 0 Å². The first-order valence-corrected chi connectivity index (χ1v) is 10.5. The number of carbonyl (C=O) groups is 2. The minimum atomic E-state index is -0.832. The summed E-state index contributed by atoms with van der Waals surface area (Å²) in [6, 6.07) is 24.3. The van der Waals surface area contributed by atoms with Crippen molar-refractivity contribution in [1.82, 2.24) is 0 Å². The standard InChI is InChI=1S/C26H25NO5/c1-18-15-22(27(20-9-5-3-6-10-20)21-11-7-4-8-12-21)16-19(2)25(18)31-17-24(28)32-23-13-14-30-26(23)29/h3-12,15-16,23H,13-14,17H2,1-2H3. The summed E-state index contributed by atoms with van der Waals surface area (Å²) in [5.41, 5.74) is 4.85. The van der Waals surface area contributed by atoms with Crippen LogP contribution < -0.4 is 9.64 Å². The molecule has 1 heterocycles. The van der Waals surface area contributed by atoms with Gasteiger partial charge < -0.3 is 19.1 Å². The second kappa shape index (κ2) is 9.56. The van der Waals surface area contributed by atoms with E-state index in [1.165, 1.54) is 0 Å². The van der Waals surface area contributed by atoms with Crippen LogP contribution in [-0.2, 0) is 19.1 Å². The number of aryl methyl sites for hydroxylation is 2. The van der Waals surface area contributed by atoms with Gasteiger partial charge in [-0.15, -0.1) is 0 Å². The molecule has 0 saturated carbocycles. The molecule has 0 amide bonds. The van der Waals surface area contributed by atoms with Crippen LogP contribution in [0.4, 0.5) is 17.1 Å². The van der Waals surface area contributed by atoms with Crippen molar-refractivity contribution in [2.45, 2.75) is 26.4 Å². The van der Waals surface area contributed by atoms with Crippen molar-refractivity contribution in [2.24, 2.45) is 0 Å². The highest BCUT2D eigenvalue weighted by molar-refractivity contribution is 5.81. The van der Waals surface area contributed by atoms with Gasteiger partial charge in [0.15, 0.2) is 6.61 Å². The monoisotopic (exact) mass is 431 g/mol. The van der Waals surface area contributed by atoms with E-state index in [2.05, 4.69) is 29.2 Å². The summed E-state index contributed by atoms with van der Waals surface area (Å²) in [4.78, 5) is 25.8. The number of anilines is 3. The summed E-state index contributed by atoms with van der Waals surface area (Å²) in [7, 11) is 0. The first-order valence-electron chi connectivity index (χ1n) is 10.5. The number of hydrogen-bond donors (Lipinski definition) is 0. The fourth-order valence-corrected chi connectivity index (χ4v) is 3.79. The number of hydrogen-bond acceptors (Lipinski definition) is 6. The Morgan fingerprint density at radius 2 is 1.50 bits per heavy atom. The summed E-state index contributed by atoms with van der Waals surface area (Å²) < 4.78 is 15.7. The number of nitrogens with zero attached hydrogens (tertiary/aromatic N) is 1. The maximum Gasteiger partial charge on any atom is 0.347 e. The molecule has 6 heteroatoms. The molecule has 1 aliphatic rings. The van der Waals surface area contributed by atoms with E-state index in [0.717, 1.165) is 28.2 Å². The van der Waals surface area contributed by atoms with Crippen LogP contribution in [0.3, 0.4) is 0 Å². The number of para-hydroxylation sites is 2. The second-order valence-electron chi connectivity index (χ2n) is 7.64. The van der Waals surface area contributed by atoms with Crippen LogP contribution in [0, 0.1) is 13.8 Å². The van der Waals surface area contributed by atoms with Gasteiger partial charge in [0.1, 0.15) is 5.75 Å². The van der Waals surface area contributed by atoms with Crippen molar-refractivity contribution in [3.05, 3.63) is 83.9 Å². The van der Waals surface area contributed by atoms with E-state index in [0.29, 0.717) is 12.2 Å². The third-order valence-corrected chi connectivity index (χ3v) is 5.23. The number of esters is 2. The molecule has 4 rings (SSSR count). The molecule has 3 aromatic rings. The van der Waals surface area contributed by atoms with Crippen LogP contribution >= 0.6 is 0 Å². The summed E-state index contributed by atoms with van der Waals surface area (Å²) >= 11 is 0. The molecule has 6 nitrogen and oxygen atoms in total. The van der Waals surface area contributed by atoms with Crippen molar-refractivity contribution >= 4 is 29.0 Å². The molecular weight excluding hydrogens is 406 g/mol. The van der Waals surface area contributed by atoms with Gasteiger partial charge in [0.25, 0.3) is 0 Å². The van der Waals surface area contributed by atoms with Crippen LogP contribution in [-0.4, -0.2) is 31.3 Å². The van der Waals surface area contributed by atoms with Gasteiger partial charge in [0.2, 0.25) is 6.10 Å². The quantitative estimate of drug-likeness (QED) is 0.490. The average molecular weight is 431 g/mol. The van der Waals surface area contributed by atoms with Crippen LogP contribution in [0.25, 0.3) is 0 Å². The molecule has 0 aliphatic carbocycles. The molecule has 0 aromatic heterocycles. The van der Waals surface area contributed by atoms with E-state index in [1.807, 2.05) is 62.4 Å². The molecule has 32 heavy (non-hydrogen) atoms. The summed E-state index contributed by atoms with van der Waals surface area (Å²) in [5, 5.41) is 0. The predicted octanol–water partition coefficient (Wildman–Crippen LogP) is 5.01. The zero-order chi connectivity index (χ0) is 22.5. The third-order valence-electron chi connectivity index (χ3n) is 5.23. The van der Waals surface area contributed by atoms with Gasteiger partial charge in [-0.1, -0.05) is 36.4 Å². The average Bonchev–Trinajstić information content (AvgIpc) is 3.19. The van der Waals surface area contributed by atoms with E-state index in [1.54, 1.807) is 0 Å². The van der Waals surface area contributed by atoms with Gasteiger partial charge in [0.05, 0.1) is 6.61 Å². The van der Waals surface area contributed by atoms with Gasteiger partial charge >= 0.3 is 11.9 Å². The summed E-state index contributed by atoms with van der Waals surface area (Å²) in [6.07, 6.45) is -0.451. The minimum Gasteiger partial charge on any atom is -0.481 e. The van der Waals surface area contributed by atoms with Gasteiger partial charge in [0, 0.05) is 23.5 Å². The first-order chi connectivity index (χ1) is 15.5. The lowest BCUT2D eigenvalue weighted by Gasteiger charge is -2.27. The summed E-state index contributed by atoms with van der Waals surface area (Å²) in [5.74, 6) is -0.468. The lowest BCUT2D eigenvalue weighted by atomic mass is 10.1. The van der Waals surface area contributed by atoms with Gasteiger partial charge in [-0.3, -0.25) is 0 Å². The highest BCUT2D eigenvalue weighted by Crippen LogP contribution is 2.37. The zero-order valence-corrected chi connectivity index (χ0v) is 18.1. The van der Waals surface area contributed by atoms with E-state index in [4.69, 9.17) is 14.2 Å². The number of benzene rings is 3. The summed E-state index contributed by atoms with van der Waals surface area (Å²) in [6.45, 7) is 3.89. The van der Waals surface area contributed by atoms with Crippen molar-refractivity contribution in [1.29, 1.82) is 0 Å². The Morgan fingerprint density at radius 3 is 2.00 bits per heavy atom. The molecule has 1 unspecified atom stereocenters. The Hall–Kier alpha value is -3.80. The predicted molar refractivity (Wildman–Crippen MR) is 122 cm³/mol. The molecule has 0 radical (unpaired) electrons. The zero-order valence-electron chi connectivity index (χ0n) is 18.1. The van der Waals surface area contributed by atoms with Crippen LogP contribution in [0.2, 0.25) is 0 Å². The maximum absolute atomic E-state index is 12.1. The highest BCUT2D eigenvalue weighted by Gasteiger charge is 2.30. The number of rotatable bonds is 7. The Balaban J connectivity index is 1.55. The molecule has 1 atom stereocenters. The molecule has 0 N–H and O–H groups in total. The van der Waals surface area contributed by atoms with Crippen LogP contribution in [0.5, 0.6) is 5.75 Å². The second-order valence-corrected chi connectivity index (χ2v) is 7.64. The fourth-order valence-electron chi connectivity index (χ4n) is 3.79. The lowest BCUT2D eigenvalue weighted by Crippen LogP contribution is -2.26. The topological polar surface area (TPSA) is 65.1 Å². The lowest BCUT2D eigenvalue weighted by molar-refractivity contribution is -0.161. The molecule has 164 valence electrons. The Labute approximate surface area is 187 Å². The smallest absolute Gasteiger partial charge is 0.347 e. The van der Waals surface area contributed by atoms with Crippen molar-refractivity contribution in [3.8, 4) is 5.75 Å². The Morgan fingerprint density at radius 1 is 0.938 bits per heavy atom. The molecule has 1 saturated heterocycles. The van der Waals surface area contributed by atoms with E-state index >= 15 is 0 Å². The fraction of sp³-hybridized carbons (Fsp3) is 0.231. The van der Waals surface area contributed by atoms with Gasteiger partial charge in [-0.25, -0.2) is 9.59 Å². The molecule has 1 fully saturated rings. The molecular formula is C26H25NO5. The largest absolute Gasteiger partial charge is 0.481 e. The minimum absolute atomic E-state index is 0.272. The van der Waals surface area contributed by atoms with Crippen molar-refractivity contribution in [2.75, 3.05) is 18.1 Å². The van der Waals surface area contributed by atoms with E-state index < -0.39 is 18.0 Å². The number of carbonyl (C=O) groups excluding carboxylic acids is 2. The SMILES string of the molecule is Cc1cc(N(c2ccccc2)c2ccccc2)cc(C)c1OCC(=O)OC1CCOC1=O.